The summed E-state index contributed by atoms with van der Waals surface area (Å²) in [4.78, 5) is 9.31. The van der Waals surface area contributed by atoms with Gasteiger partial charge >= 0.3 is 0 Å². The Morgan fingerprint density at radius 2 is 1.77 bits per heavy atom. The molecule has 1 saturated heterocycles. The third-order valence-corrected chi connectivity index (χ3v) is 5.61. The lowest BCUT2D eigenvalue weighted by Gasteiger charge is -2.33. The van der Waals surface area contributed by atoms with Crippen LogP contribution >= 0.6 is 15.9 Å². The van der Waals surface area contributed by atoms with Gasteiger partial charge in [0, 0.05) is 42.8 Å². The van der Waals surface area contributed by atoms with E-state index < -0.39 is 0 Å². The van der Waals surface area contributed by atoms with Gasteiger partial charge in [-0.05, 0) is 42.5 Å². The largest absolute Gasteiger partial charge is 0.497 e. The Morgan fingerprint density at radius 1 is 1.00 bits per heavy atom. The van der Waals surface area contributed by atoms with Crippen LogP contribution in [0, 0.1) is 0 Å². The van der Waals surface area contributed by atoms with Crippen LogP contribution in [0.25, 0.3) is 11.4 Å². The first-order valence-electron chi connectivity index (χ1n) is 10.00. The maximum absolute atomic E-state index is 5.84. The number of hydrogen-bond donors (Lipinski definition) is 0. The van der Waals surface area contributed by atoms with Crippen LogP contribution in [0.3, 0.4) is 0 Å². The van der Waals surface area contributed by atoms with E-state index >= 15 is 0 Å². The second-order valence-corrected chi connectivity index (χ2v) is 8.08. The van der Waals surface area contributed by atoms with Crippen LogP contribution in [0.4, 0.5) is 0 Å². The van der Waals surface area contributed by atoms with E-state index in [1.807, 2.05) is 48.5 Å². The van der Waals surface area contributed by atoms with E-state index in [0.717, 1.165) is 54.3 Å². The molecular formula is C22H25BrN4O3. The third kappa shape index (κ3) is 5.59. The van der Waals surface area contributed by atoms with E-state index in [1.165, 1.54) is 0 Å². The Hall–Kier alpha value is -2.42. The van der Waals surface area contributed by atoms with Crippen LogP contribution in [0.15, 0.2) is 57.5 Å². The monoisotopic (exact) mass is 472 g/mol. The van der Waals surface area contributed by atoms with Crippen molar-refractivity contribution >= 4 is 15.9 Å². The summed E-state index contributed by atoms with van der Waals surface area (Å²) in [7, 11) is 1.65. The van der Waals surface area contributed by atoms with Gasteiger partial charge in [-0.1, -0.05) is 27.2 Å². The molecule has 0 bridgehead atoms. The molecule has 0 radical (unpaired) electrons. The van der Waals surface area contributed by atoms with Gasteiger partial charge in [0.05, 0.1) is 13.7 Å². The molecule has 0 N–H and O–H groups in total. The minimum absolute atomic E-state index is 0.607. The van der Waals surface area contributed by atoms with Crippen molar-refractivity contribution in [3.05, 3.63) is 58.9 Å². The average Bonchev–Trinajstić information content (AvgIpc) is 3.24. The zero-order valence-electron chi connectivity index (χ0n) is 17.0. The van der Waals surface area contributed by atoms with E-state index in [4.69, 9.17) is 14.0 Å². The minimum Gasteiger partial charge on any atom is -0.497 e. The summed E-state index contributed by atoms with van der Waals surface area (Å²) in [6.45, 7) is 6.22. The summed E-state index contributed by atoms with van der Waals surface area (Å²) in [5.74, 6) is 2.96. The maximum Gasteiger partial charge on any atom is 0.241 e. The number of halogens is 1. The lowest BCUT2D eigenvalue weighted by molar-refractivity contribution is 0.104. The molecule has 1 aromatic heterocycles. The highest BCUT2D eigenvalue weighted by molar-refractivity contribution is 9.10. The maximum atomic E-state index is 5.84. The summed E-state index contributed by atoms with van der Waals surface area (Å²) in [6, 6.07) is 15.6. The molecule has 1 aliphatic heterocycles. The number of aromatic nitrogens is 2. The van der Waals surface area contributed by atoms with Crippen molar-refractivity contribution in [3.63, 3.8) is 0 Å². The standard InChI is InChI=1S/C22H25BrN4O3/c1-28-19-7-5-17(6-8-19)22-24-21(30-25-22)16-27-11-9-26(10-12-27)13-14-29-20-4-2-3-18(23)15-20/h2-8,15H,9-14,16H2,1H3. The number of benzene rings is 2. The van der Waals surface area contributed by atoms with E-state index in [-0.39, 0.29) is 0 Å². The summed E-state index contributed by atoms with van der Waals surface area (Å²) in [6.07, 6.45) is 0. The fraction of sp³-hybridized carbons (Fsp3) is 0.364. The van der Waals surface area contributed by atoms with Gasteiger partial charge in [-0.15, -0.1) is 0 Å². The number of methoxy groups -OCH3 is 1. The molecule has 2 heterocycles. The second-order valence-electron chi connectivity index (χ2n) is 7.16. The minimum atomic E-state index is 0.607. The number of piperazine rings is 1. The van der Waals surface area contributed by atoms with E-state index in [9.17, 15) is 0 Å². The highest BCUT2D eigenvalue weighted by atomic mass is 79.9. The zero-order valence-corrected chi connectivity index (χ0v) is 18.5. The van der Waals surface area contributed by atoms with Crippen molar-refractivity contribution in [2.45, 2.75) is 6.54 Å². The Labute approximate surface area is 184 Å². The van der Waals surface area contributed by atoms with Crippen LogP contribution in [0.5, 0.6) is 11.5 Å². The molecule has 7 nitrogen and oxygen atoms in total. The van der Waals surface area contributed by atoms with Gasteiger partial charge in [0.2, 0.25) is 11.7 Å². The lowest BCUT2D eigenvalue weighted by atomic mass is 10.2. The van der Waals surface area contributed by atoms with Gasteiger partial charge < -0.3 is 14.0 Å². The van der Waals surface area contributed by atoms with Crippen LogP contribution in [-0.2, 0) is 6.54 Å². The van der Waals surface area contributed by atoms with Crippen LogP contribution < -0.4 is 9.47 Å². The van der Waals surface area contributed by atoms with Gasteiger partial charge in [0.1, 0.15) is 18.1 Å². The molecule has 0 unspecified atom stereocenters. The number of rotatable bonds is 8. The van der Waals surface area contributed by atoms with Crippen LogP contribution in [0.2, 0.25) is 0 Å². The van der Waals surface area contributed by atoms with Crippen molar-refractivity contribution in [3.8, 4) is 22.9 Å². The van der Waals surface area contributed by atoms with Gasteiger partial charge in [0.15, 0.2) is 0 Å². The Morgan fingerprint density at radius 3 is 2.50 bits per heavy atom. The predicted molar refractivity (Wildman–Crippen MR) is 118 cm³/mol. The average molecular weight is 473 g/mol. The van der Waals surface area contributed by atoms with Gasteiger partial charge in [-0.25, -0.2) is 0 Å². The first kappa shape index (κ1) is 20.8. The molecular weight excluding hydrogens is 448 g/mol. The van der Waals surface area contributed by atoms with Crippen LogP contribution in [0.1, 0.15) is 5.89 Å². The third-order valence-electron chi connectivity index (χ3n) is 5.11. The molecule has 0 amide bonds. The highest BCUT2D eigenvalue weighted by Crippen LogP contribution is 2.20. The fourth-order valence-corrected chi connectivity index (χ4v) is 3.77. The fourth-order valence-electron chi connectivity index (χ4n) is 3.39. The SMILES string of the molecule is COc1ccc(-c2noc(CN3CCN(CCOc4cccc(Br)c4)CC3)n2)cc1. The summed E-state index contributed by atoms with van der Waals surface area (Å²) in [5.41, 5.74) is 0.918. The van der Waals surface area contributed by atoms with Crippen molar-refractivity contribution in [2.75, 3.05) is 46.4 Å². The van der Waals surface area contributed by atoms with Gasteiger partial charge in [-0.2, -0.15) is 4.98 Å². The van der Waals surface area contributed by atoms with Crippen molar-refractivity contribution in [1.82, 2.24) is 19.9 Å². The molecule has 1 aliphatic rings. The number of ether oxygens (including phenoxy) is 2. The molecule has 4 rings (SSSR count). The molecule has 2 aromatic carbocycles. The number of hydrogen-bond acceptors (Lipinski definition) is 7. The van der Waals surface area contributed by atoms with Crippen molar-refractivity contribution < 1.29 is 14.0 Å². The molecule has 0 spiro atoms. The molecule has 0 saturated carbocycles. The molecule has 30 heavy (non-hydrogen) atoms. The second kappa shape index (κ2) is 10.1. The van der Waals surface area contributed by atoms with E-state index in [0.29, 0.717) is 24.9 Å². The van der Waals surface area contributed by atoms with E-state index in [1.54, 1.807) is 7.11 Å². The summed E-state index contributed by atoms with van der Waals surface area (Å²) >= 11 is 3.47. The molecule has 0 aliphatic carbocycles. The van der Waals surface area contributed by atoms with Crippen molar-refractivity contribution in [2.24, 2.45) is 0 Å². The van der Waals surface area contributed by atoms with Crippen molar-refractivity contribution in [1.29, 1.82) is 0 Å². The Bertz CT molecular complexity index is 940. The molecule has 0 atom stereocenters. The molecule has 3 aromatic rings. The summed E-state index contributed by atoms with van der Waals surface area (Å²) < 4.78 is 17.5. The summed E-state index contributed by atoms with van der Waals surface area (Å²) in [5, 5.41) is 4.11. The van der Waals surface area contributed by atoms with Gasteiger partial charge in [0.25, 0.3) is 0 Å². The topological polar surface area (TPSA) is 63.9 Å². The molecule has 1 fully saturated rings. The Kier molecular flexibility index (Phi) is 6.99. The first-order chi connectivity index (χ1) is 14.7. The quantitative estimate of drug-likeness (QED) is 0.495. The van der Waals surface area contributed by atoms with E-state index in [2.05, 4.69) is 35.9 Å². The normalized spacial score (nSPS) is 15.3. The first-order valence-corrected chi connectivity index (χ1v) is 10.8. The smallest absolute Gasteiger partial charge is 0.241 e. The highest BCUT2D eigenvalue weighted by Gasteiger charge is 2.19. The molecule has 8 heteroatoms. The van der Waals surface area contributed by atoms with Gasteiger partial charge in [-0.3, -0.25) is 9.80 Å². The predicted octanol–water partition coefficient (Wildman–Crippen LogP) is 3.70. The van der Waals surface area contributed by atoms with Crippen LogP contribution in [-0.4, -0.2) is 66.4 Å². The Balaban J connectivity index is 1.20. The number of nitrogens with zero attached hydrogens (tertiary/aromatic N) is 4. The lowest BCUT2D eigenvalue weighted by Crippen LogP contribution is -2.47. The zero-order chi connectivity index (χ0) is 20.8. The molecule has 158 valence electrons.